The van der Waals surface area contributed by atoms with E-state index in [-0.39, 0.29) is 18.8 Å². The zero-order valence-electron chi connectivity index (χ0n) is 15.5. The van der Waals surface area contributed by atoms with Gasteiger partial charge in [-0.05, 0) is 87.4 Å². The third kappa shape index (κ3) is 5.04. The SMILES string of the molecule is C=CC1CCC(C2CCC(CCC3CC(F)C(F)C(F)C3)CC2)CC1. The maximum absolute atomic E-state index is 13.5. The molecular formula is C22H35F3. The van der Waals surface area contributed by atoms with E-state index in [0.717, 1.165) is 36.5 Å². The highest BCUT2D eigenvalue weighted by Gasteiger charge is 2.39. The summed E-state index contributed by atoms with van der Waals surface area (Å²) in [6.07, 6.45) is 10.1. The molecule has 0 aromatic carbocycles. The Labute approximate surface area is 151 Å². The van der Waals surface area contributed by atoms with E-state index in [9.17, 15) is 13.2 Å². The first-order chi connectivity index (χ1) is 12.1. The van der Waals surface area contributed by atoms with Crippen LogP contribution in [0.3, 0.4) is 0 Å². The highest BCUT2D eigenvalue weighted by Crippen LogP contribution is 2.43. The summed E-state index contributed by atoms with van der Waals surface area (Å²) in [4.78, 5) is 0. The minimum Gasteiger partial charge on any atom is -0.244 e. The van der Waals surface area contributed by atoms with Gasteiger partial charge in [0.05, 0.1) is 0 Å². The molecule has 3 heteroatoms. The van der Waals surface area contributed by atoms with Crippen LogP contribution in [0, 0.1) is 29.6 Å². The van der Waals surface area contributed by atoms with Crippen molar-refractivity contribution in [3.05, 3.63) is 12.7 Å². The standard InChI is InChI=1S/C22H35F3/c1-2-15-5-9-18(10-6-15)19-11-7-16(8-12-19)3-4-17-13-20(23)22(25)21(24)14-17/h2,15-22H,1,3-14H2. The van der Waals surface area contributed by atoms with Crippen LogP contribution in [-0.2, 0) is 0 Å². The number of hydrogen-bond donors (Lipinski definition) is 0. The van der Waals surface area contributed by atoms with Gasteiger partial charge in [0.25, 0.3) is 0 Å². The van der Waals surface area contributed by atoms with Crippen LogP contribution in [0.1, 0.15) is 77.0 Å². The van der Waals surface area contributed by atoms with Gasteiger partial charge < -0.3 is 0 Å². The molecule has 3 rings (SSSR count). The molecule has 3 aliphatic rings. The summed E-state index contributed by atoms with van der Waals surface area (Å²) in [5.41, 5.74) is 0. The Bertz CT molecular complexity index is 395. The van der Waals surface area contributed by atoms with Gasteiger partial charge in [-0.3, -0.25) is 0 Å². The van der Waals surface area contributed by atoms with Crippen molar-refractivity contribution in [2.45, 2.75) is 95.6 Å². The van der Waals surface area contributed by atoms with Gasteiger partial charge in [0.1, 0.15) is 12.3 Å². The van der Waals surface area contributed by atoms with E-state index >= 15 is 0 Å². The molecule has 0 amide bonds. The van der Waals surface area contributed by atoms with Crippen molar-refractivity contribution in [3.63, 3.8) is 0 Å². The van der Waals surface area contributed by atoms with Gasteiger partial charge in [-0.1, -0.05) is 25.3 Å². The maximum Gasteiger partial charge on any atom is 0.162 e. The van der Waals surface area contributed by atoms with Gasteiger partial charge in [-0.2, -0.15) is 0 Å². The Kier molecular flexibility index (Phi) is 6.91. The lowest BCUT2D eigenvalue weighted by Crippen LogP contribution is -2.37. The highest BCUT2D eigenvalue weighted by atomic mass is 19.2. The zero-order valence-corrected chi connectivity index (χ0v) is 15.5. The summed E-state index contributed by atoms with van der Waals surface area (Å²) in [6.45, 7) is 3.94. The van der Waals surface area contributed by atoms with Gasteiger partial charge in [-0.15, -0.1) is 6.58 Å². The van der Waals surface area contributed by atoms with Crippen molar-refractivity contribution < 1.29 is 13.2 Å². The molecule has 0 heterocycles. The molecule has 0 aromatic heterocycles. The van der Waals surface area contributed by atoms with Gasteiger partial charge >= 0.3 is 0 Å². The second-order valence-electron chi connectivity index (χ2n) is 9.08. The lowest BCUT2D eigenvalue weighted by molar-refractivity contribution is 0.0139. The summed E-state index contributed by atoms with van der Waals surface area (Å²) < 4.78 is 40.3. The molecule has 0 saturated heterocycles. The van der Waals surface area contributed by atoms with Crippen LogP contribution in [0.4, 0.5) is 13.2 Å². The van der Waals surface area contributed by atoms with E-state index in [1.165, 1.54) is 51.4 Å². The van der Waals surface area contributed by atoms with Crippen molar-refractivity contribution in [1.29, 1.82) is 0 Å². The molecule has 0 aromatic rings. The number of rotatable bonds is 5. The Morgan fingerprint density at radius 2 is 1.16 bits per heavy atom. The summed E-state index contributed by atoms with van der Waals surface area (Å²) in [5.74, 6) is 3.32. The molecule has 0 spiro atoms. The number of halogens is 3. The Hall–Kier alpha value is -0.470. The van der Waals surface area contributed by atoms with E-state index < -0.39 is 18.5 Å². The largest absolute Gasteiger partial charge is 0.244 e. The molecule has 0 radical (unpaired) electrons. The molecule has 2 unspecified atom stereocenters. The fourth-order valence-corrected chi connectivity index (χ4v) is 5.73. The summed E-state index contributed by atoms with van der Waals surface area (Å²) in [7, 11) is 0. The molecule has 3 aliphatic carbocycles. The lowest BCUT2D eigenvalue weighted by atomic mass is 9.68. The maximum atomic E-state index is 13.5. The van der Waals surface area contributed by atoms with Crippen molar-refractivity contribution in [1.82, 2.24) is 0 Å². The Morgan fingerprint density at radius 3 is 1.68 bits per heavy atom. The van der Waals surface area contributed by atoms with Gasteiger partial charge in [0.15, 0.2) is 6.17 Å². The van der Waals surface area contributed by atoms with Crippen LogP contribution in [0.25, 0.3) is 0 Å². The van der Waals surface area contributed by atoms with E-state index in [2.05, 4.69) is 12.7 Å². The van der Waals surface area contributed by atoms with Crippen LogP contribution in [-0.4, -0.2) is 18.5 Å². The second-order valence-corrected chi connectivity index (χ2v) is 9.08. The third-order valence-corrected chi connectivity index (χ3v) is 7.50. The summed E-state index contributed by atoms with van der Waals surface area (Å²) in [5, 5.41) is 0. The Morgan fingerprint density at radius 1 is 0.680 bits per heavy atom. The molecular weight excluding hydrogens is 321 g/mol. The van der Waals surface area contributed by atoms with Crippen molar-refractivity contribution in [3.8, 4) is 0 Å². The Balaban J connectivity index is 1.35. The molecule has 2 atom stereocenters. The molecule has 0 N–H and O–H groups in total. The fraction of sp³-hybridized carbons (Fsp3) is 0.909. The van der Waals surface area contributed by atoms with E-state index in [4.69, 9.17) is 0 Å². The highest BCUT2D eigenvalue weighted by molar-refractivity contribution is 4.89. The normalized spacial score (nSPS) is 45.9. The fourth-order valence-electron chi connectivity index (χ4n) is 5.73. The summed E-state index contributed by atoms with van der Waals surface area (Å²) in [6, 6.07) is 0. The van der Waals surface area contributed by atoms with Gasteiger partial charge in [-0.25, -0.2) is 13.2 Å². The summed E-state index contributed by atoms with van der Waals surface area (Å²) >= 11 is 0. The first kappa shape index (κ1) is 19.3. The quantitative estimate of drug-likeness (QED) is 0.466. The van der Waals surface area contributed by atoms with E-state index in [1.807, 2.05) is 0 Å². The second kappa shape index (κ2) is 8.95. The van der Waals surface area contributed by atoms with Crippen molar-refractivity contribution >= 4 is 0 Å². The molecule has 0 bridgehead atoms. The molecule has 0 aliphatic heterocycles. The number of hydrogen-bond acceptors (Lipinski definition) is 0. The van der Waals surface area contributed by atoms with Crippen LogP contribution in [0.2, 0.25) is 0 Å². The van der Waals surface area contributed by atoms with Crippen molar-refractivity contribution in [2.24, 2.45) is 29.6 Å². The lowest BCUT2D eigenvalue weighted by Gasteiger charge is -2.38. The van der Waals surface area contributed by atoms with Crippen LogP contribution in [0.15, 0.2) is 12.7 Å². The molecule has 3 saturated carbocycles. The first-order valence-corrected chi connectivity index (χ1v) is 10.6. The van der Waals surface area contributed by atoms with E-state index in [1.54, 1.807) is 0 Å². The minimum atomic E-state index is -1.89. The average molecular weight is 357 g/mol. The van der Waals surface area contributed by atoms with Crippen LogP contribution in [0.5, 0.6) is 0 Å². The predicted molar refractivity (Wildman–Crippen MR) is 97.7 cm³/mol. The van der Waals surface area contributed by atoms with E-state index in [0.29, 0.717) is 0 Å². The third-order valence-electron chi connectivity index (χ3n) is 7.50. The molecule has 0 nitrogen and oxygen atoms in total. The predicted octanol–water partition coefficient (Wildman–Crippen LogP) is 6.99. The zero-order chi connectivity index (χ0) is 17.8. The van der Waals surface area contributed by atoms with Gasteiger partial charge in [0.2, 0.25) is 0 Å². The monoisotopic (exact) mass is 356 g/mol. The molecule has 144 valence electrons. The average Bonchev–Trinajstić information content (AvgIpc) is 2.65. The van der Waals surface area contributed by atoms with Gasteiger partial charge in [0, 0.05) is 0 Å². The van der Waals surface area contributed by atoms with Crippen LogP contribution < -0.4 is 0 Å². The number of alkyl halides is 3. The number of allylic oxidation sites excluding steroid dienone is 1. The molecule has 25 heavy (non-hydrogen) atoms. The van der Waals surface area contributed by atoms with Crippen molar-refractivity contribution in [2.75, 3.05) is 0 Å². The topological polar surface area (TPSA) is 0 Å². The minimum absolute atomic E-state index is 0.0453. The molecule has 3 fully saturated rings. The van der Waals surface area contributed by atoms with Crippen LogP contribution >= 0.6 is 0 Å². The smallest absolute Gasteiger partial charge is 0.162 e. The first-order valence-electron chi connectivity index (χ1n) is 10.6.